The maximum absolute atomic E-state index is 12.3. The molecule has 0 bridgehead atoms. The lowest BCUT2D eigenvalue weighted by atomic mass is 9.94. The molecule has 2 rings (SSSR count). The third-order valence-corrected chi connectivity index (χ3v) is 3.63. The van der Waals surface area contributed by atoms with Crippen molar-refractivity contribution in [1.82, 2.24) is 0 Å². The van der Waals surface area contributed by atoms with E-state index in [1.165, 1.54) is 5.56 Å². The molecule has 17 heavy (non-hydrogen) atoms. The van der Waals surface area contributed by atoms with Gasteiger partial charge in [-0.2, -0.15) is 11.3 Å². The zero-order chi connectivity index (χ0) is 12.4. The van der Waals surface area contributed by atoms with E-state index in [1.807, 2.05) is 30.7 Å². The number of carbonyl (C=O) groups excluding carboxylic acids is 1. The summed E-state index contributed by atoms with van der Waals surface area (Å²) in [5.41, 5.74) is 5.39. The van der Waals surface area contributed by atoms with Crippen LogP contribution in [0.25, 0.3) is 0 Å². The summed E-state index contributed by atoms with van der Waals surface area (Å²) in [6.07, 6.45) is 0.508. The number of carbonyl (C=O) groups is 1. The highest BCUT2D eigenvalue weighted by Gasteiger charge is 2.13. The molecule has 0 aliphatic heterocycles. The lowest BCUT2D eigenvalue weighted by Crippen LogP contribution is -2.07. The molecule has 2 heteroatoms. The Kier molecular flexibility index (Phi) is 3.43. The van der Waals surface area contributed by atoms with Crippen molar-refractivity contribution in [3.8, 4) is 0 Å². The Morgan fingerprint density at radius 2 is 1.82 bits per heavy atom. The van der Waals surface area contributed by atoms with Crippen LogP contribution in [0.2, 0.25) is 0 Å². The highest BCUT2D eigenvalue weighted by molar-refractivity contribution is 7.08. The molecule has 0 fully saturated rings. The van der Waals surface area contributed by atoms with Gasteiger partial charge in [-0.3, -0.25) is 4.79 Å². The molecular formula is C15H16OS. The smallest absolute Gasteiger partial charge is 0.167 e. The molecule has 0 unspecified atom stereocenters. The Balaban J connectivity index is 2.31. The van der Waals surface area contributed by atoms with E-state index in [0.717, 1.165) is 22.3 Å². The number of aryl methyl sites for hydroxylation is 3. The Morgan fingerprint density at radius 1 is 1.18 bits per heavy atom. The van der Waals surface area contributed by atoms with Gasteiger partial charge in [-0.1, -0.05) is 17.7 Å². The average molecular weight is 244 g/mol. The molecule has 0 aliphatic rings. The van der Waals surface area contributed by atoms with Gasteiger partial charge in [-0.15, -0.1) is 0 Å². The molecule has 0 atom stereocenters. The topological polar surface area (TPSA) is 17.1 Å². The second kappa shape index (κ2) is 4.84. The highest BCUT2D eigenvalue weighted by atomic mass is 32.1. The van der Waals surface area contributed by atoms with Crippen LogP contribution in [0, 0.1) is 20.8 Å². The van der Waals surface area contributed by atoms with Crippen molar-refractivity contribution in [3.63, 3.8) is 0 Å². The minimum absolute atomic E-state index is 0.221. The summed E-state index contributed by atoms with van der Waals surface area (Å²) in [5, 5.41) is 4.05. The molecule has 0 amide bonds. The van der Waals surface area contributed by atoms with Crippen molar-refractivity contribution in [2.24, 2.45) is 0 Å². The van der Waals surface area contributed by atoms with Crippen LogP contribution in [0.3, 0.4) is 0 Å². The maximum atomic E-state index is 12.3. The second-order valence-corrected chi connectivity index (χ2v) is 5.29. The van der Waals surface area contributed by atoms with Gasteiger partial charge in [0.25, 0.3) is 0 Å². The van der Waals surface area contributed by atoms with E-state index in [2.05, 4.69) is 19.1 Å². The van der Waals surface area contributed by atoms with Gasteiger partial charge in [0, 0.05) is 12.0 Å². The SMILES string of the molecule is Cc1cc(C)c(C(=O)Cc2ccsc2)c(C)c1. The minimum atomic E-state index is 0.221. The van der Waals surface area contributed by atoms with E-state index in [4.69, 9.17) is 0 Å². The fourth-order valence-electron chi connectivity index (χ4n) is 2.29. The van der Waals surface area contributed by atoms with E-state index in [9.17, 15) is 4.79 Å². The molecule has 0 radical (unpaired) electrons. The van der Waals surface area contributed by atoms with Gasteiger partial charge >= 0.3 is 0 Å². The van der Waals surface area contributed by atoms with E-state index < -0.39 is 0 Å². The summed E-state index contributed by atoms with van der Waals surface area (Å²) >= 11 is 1.64. The van der Waals surface area contributed by atoms with Crippen LogP contribution in [0.5, 0.6) is 0 Å². The van der Waals surface area contributed by atoms with Crippen LogP contribution >= 0.6 is 11.3 Å². The van der Waals surface area contributed by atoms with Crippen molar-refractivity contribution in [1.29, 1.82) is 0 Å². The molecular weight excluding hydrogens is 228 g/mol. The maximum Gasteiger partial charge on any atom is 0.167 e. The summed E-state index contributed by atoms with van der Waals surface area (Å²) < 4.78 is 0. The van der Waals surface area contributed by atoms with E-state index >= 15 is 0 Å². The number of hydrogen-bond donors (Lipinski definition) is 0. The Bertz CT molecular complexity index is 515. The van der Waals surface area contributed by atoms with Crippen LogP contribution in [-0.2, 0) is 6.42 Å². The molecule has 0 saturated carbocycles. The molecule has 2 aromatic rings. The number of benzene rings is 1. The van der Waals surface area contributed by atoms with Crippen molar-refractivity contribution >= 4 is 17.1 Å². The molecule has 0 saturated heterocycles. The minimum Gasteiger partial charge on any atom is -0.294 e. The van der Waals surface area contributed by atoms with Gasteiger partial charge in [0.1, 0.15) is 0 Å². The summed E-state index contributed by atoms with van der Waals surface area (Å²) in [6, 6.07) is 6.17. The summed E-state index contributed by atoms with van der Waals surface area (Å²) in [7, 11) is 0. The fourth-order valence-corrected chi connectivity index (χ4v) is 2.96. The van der Waals surface area contributed by atoms with Gasteiger partial charge in [0.2, 0.25) is 0 Å². The predicted octanol–water partition coefficient (Wildman–Crippen LogP) is 4.10. The van der Waals surface area contributed by atoms with E-state index in [1.54, 1.807) is 11.3 Å². The molecule has 1 aromatic carbocycles. The second-order valence-electron chi connectivity index (χ2n) is 4.51. The van der Waals surface area contributed by atoms with Crippen LogP contribution < -0.4 is 0 Å². The quantitative estimate of drug-likeness (QED) is 0.743. The van der Waals surface area contributed by atoms with Crippen molar-refractivity contribution in [2.75, 3.05) is 0 Å². The molecule has 1 heterocycles. The number of rotatable bonds is 3. The third-order valence-electron chi connectivity index (χ3n) is 2.90. The average Bonchev–Trinajstić information content (AvgIpc) is 2.68. The highest BCUT2D eigenvalue weighted by Crippen LogP contribution is 2.19. The summed E-state index contributed by atoms with van der Waals surface area (Å²) in [5.74, 6) is 0.221. The lowest BCUT2D eigenvalue weighted by molar-refractivity contribution is 0.0992. The van der Waals surface area contributed by atoms with Crippen molar-refractivity contribution < 1.29 is 4.79 Å². The molecule has 1 aromatic heterocycles. The van der Waals surface area contributed by atoms with Gasteiger partial charge in [-0.05, 0) is 54.3 Å². The Hall–Kier alpha value is -1.41. The van der Waals surface area contributed by atoms with Crippen LogP contribution in [0.1, 0.15) is 32.6 Å². The van der Waals surface area contributed by atoms with Gasteiger partial charge in [0.15, 0.2) is 5.78 Å². The Labute approximate surface area is 106 Å². The lowest BCUT2D eigenvalue weighted by Gasteiger charge is -2.09. The molecule has 0 spiro atoms. The largest absolute Gasteiger partial charge is 0.294 e. The number of thiophene rings is 1. The fraction of sp³-hybridized carbons (Fsp3) is 0.267. The van der Waals surface area contributed by atoms with Crippen molar-refractivity contribution in [2.45, 2.75) is 27.2 Å². The first-order chi connectivity index (χ1) is 8.08. The number of ketones is 1. The van der Waals surface area contributed by atoms with E-state index in [-0.39, 0.29) is 5.78 Å². The molecule has 88 valence electrons. The normalized spacial score (nSPS) is 10.5. The van der Waals surface area contributed by atoms with Gasteiger partial charge in [-0.25, -0.2) is 0 Å². The number of hydrogen-bond acceptors (Lipinski definition) is 2. The molecule has 1 nitrogen and oxygen atoms in total. The third kappa shape index (κ3) is 2.64. The summed E-state index contributed by atoms with van der Waals surface area (Å²) in [6.45, 7) is 6.09. The number of Topliss-reactive ketones (excluding diaryl/α,β-unsaturated/α-hetero) is 1. The van der Waals surface area contributed by atoms with Crippen LogP contribution in [-0.4, -0.2) is 5.78 Å². The first-order valence-corrected chi connectivity index (χ1v) is 6.64. The standard InChI is InChI=1S/C15H16OS/c1-10-6-11(2)15(12(3)7-10)14(16)8-13-4-5-17-9-13/h4-7,9H,8H2,1-3H3. The first-order valence-electron chi connectivity index (χ1n) is 5.70. The zero-order valence-corrected chi connectivity index (χ0v) is 11.2. The van der Waals surface area contributed by atoms with Gasteiger partial charge < -0.3 is 0 Å². The van der Waals surface area contributed by atoms with E-state index in [0.29, 0.717) is 6.42 Å². The Morgan fingerprint density at radius 3 is 2.35 bits per heavy atom. The monoisotopic (exact) mass is 244 g/mol. The zero-order valence-electron chi connectivity index (χ0n) is 10.4. The molecule has 0 N–H and O–H groups in total. The summed E-state index contributed by atoms with van der Waals surface area (Å²) in [4.78, 5) is 12.3. The first kappa shape index (κ1) is 12.1. The van der Waals surface area contributed by atoms with Crippen LogP contribution in [0.15, 0.2) is 29.0 Å². The van der Waals surface area contributed by atoms with Gasteiger partial charge in [0.05, 0.1) is 0 Å². The van der Waals surface area contributed by atoms with Crippen molar-refractivity contribution in [3.05, 3.63) is 56.8 Å². The molecule has 0 aliphatic carbocycles. The predicted molar refractivity (Wildman–Crippen MR) is 73.0 cm³/mol. The van der Waals surface area contributed by atoms with Crippen LogP contribution in [0.4, 0.5) is 0 Å².